The molecule has 4 heterocycles. The molecule has 0 spiro atoms. The molecule has 0 fully saturated rings. The topological polar surface area (TPSA) is 56.7 Å². The molecule has 0 bridgehead atoms. The molecule has 13 aromatic rings. The van der Waals surface area contributed by atoms with E-state index in [2.05, 4.69) is 162 Å². The molecule has 9 aromatic carbocycles. The quantitative estimate of drug-likeness (QED) is 0.173. The third-order valence-electron chi connectivity index (χ3n) is 12.1. The van der Waals surface area contributed by atoms with E-state index in [4.69, 9.17) is 19.4 Å². The first-order valence-electron chi connectivity index (χ1n) is 21.4. The molecule has 0 saturated carbocycles. The van der Waals surface area contributed by atoms with Crippen LogP contribution < -0.4 is 0 Å². The van der Waals surface area contributed by atoms with Gasteiger partial charge in [0.05, 0.1) is 11.0 Å². The van der Waals surface area contributed by atoms with Gasteiger partial charge in [-0.25, -0.2) is 4.98 Å². The van der Waals surface area contributed by atoms with Crippen LogP contribution in [0.4, 0.5) is 0 Å². The van der Waals surface area contributed by atoms with Crippen LogP contribution in [0.5, 0.6) is 0 Å². The van der Waals surface area contributed by atoms with Gasteiger partial charge in [-0.1, -0.05) is 172 Å². The number of furan rings is 1. The summed E-state index contributed by atoms with van der Waals surface area (Å²) in [7, 11) is 0. The first-order chi connectivity index (χ1) is 31.2. The molecule has 0 radical (unpaired) electrons. The maximum atomic E-state index is 6.37. The third-order valence-corrected chi connectivity index (χ3v) is 13.2. The standard InChI is InChI=1S/C55H32N4OS.C2H6/c1-2-14-34(15-3-1)53-56-54(37-28-29-42-41-19-6-8-24-46(41)60-47(42)32-37)58-55(57-53)59-51-39-18-5-4-13-33(39)27-30-44(51)43-23-11-22-40(52(43)59)36-17-10-16-35(31-36)38-21-12-26-49-50(38)45-20-7-9-25-48(45)61-49;1-2/h1-32H;1-2H3. The lowest BCUT2D eigenvalue weighted by molar-refractivity contribution is 0.669. The fourth-order valence-electron chi connectivity index (χ4n) is 9.30. The fourth-order valence-corrected chi connectivity index (χ4v) is 10.4. The summed E-state index contributed by atoms with van der Waals surface area (Å²) >= 11 is 1.85. The Hall–Kier alpha value is -7.93. The van der Waals surface area contributed by atoms with Crippen LogP contribution in [0.1, 0.15) is 13.8 Å². The number of nitrogens with zero attached hydrogens (tertiary/aromatic N) is 4. The van der Waals surface area contributed by atoms with Crippen LogP contribution in [0.15, 0.2) is 199 Å². The van der Waals surface area contributed by atoms with Crippen LogP contribution in [-0.2, 0) is 0 Å². The summed E-state index contributed by atoms with van der Waals surface area (Å²) in [4.78, 5) is 15.9. The van der Waals surface area contributed by atoms with Gasteiger partial charge in [0.1, 0.15) is 11.2 Å². The zero-order valence-electron chi connectivity index (χ0n) is 34.6. The van der Waals surface area contributed by atoms with Gasteiger partial charge in [0.15, 0.2) is 11.6 Å². The summed E-state index contributed by atoms with van der Waals surface area (Å²) in [5.41, 5.74) is 10.1. The maximum absolute atomic E-state index is 6.37. The average Bonchev–Trinajstić information content (AvgIpc) is 4.04. The SMILES string of the molecule is CC.c1ccc(-c2nc(-c3ccc4c(c3)oc3ccccc34)nc(-n3c4c(-c5cccc(-c6cccc7sc8ccccc8c67)c5)cccc4c4ccc5ccccc5c43)n2)cc1. The predicted octanol–water partition coefficient (Wildman–Crippen LogP) is 16.1. The zero-order valence-corrected chi connectivity index (χ0v) is 35.4. The Labute approximate surface area is 367 Å². The highest BCUT2D eigenvalue weighted by atomic mass is 32.1. The number of rotatable bonds is 5. The highest BCUT2D eigenvalue weighted by Gasteiger charge is 2.23. The Morgan fingerprint density at radius 1 is 0.397 bits per heavy atom. The van der Waals surface area contributed by atoms with Gasteiger partial charge >= 0.3 is 0 Å². The summed E-state index contributed by atoms with van der Waals surface area (Å²) in [5, 5.41) is 9.25. The van der Waals surface area contributed by atoms with Crippen molar-refractivity contribution in [2.24, 2.45) is 0 Å². The average molecular weight is 827 g/mol. The van der Waals surface area contributed by atoms with Gasteiger partial charge in [-0.2, -0.15) is 9.97 Å². The van der Waals surface area contributed by atoms with E-state index in [1.165, 1.54) is 31.3 Å². The molecule has 13 rings (SSSR count). The van der Waals surface area contributed by atoms with Gasteiger partial charge < -0.3 is 4.42 Å². The Morgan fingerprint density at radius 3 is 1.87 bits per heavy atom. The lowest BCUT2D eigenvalue weighted by atomic mass is 9.95. The van der Waals surface area contributed by atoms with E-state index in [1.54, 1.807) is 0 Å². The molecule has 298 valence electrons. The molecule has 0 aliphatic heterocycles. The van der Waals surface area contributed by atoms with Gasteiger partial charge in [0.25, 0.3) is 0 Å². The van der Waals surface area contributed by atoms with Gasteiger partial charge in [0, 0.05) is 63.8 Å². The zero-order chi connectivity index (χ0) is 42.0. The molecule has 0 atom stereocenters. The normalized spacial score (nSPS) is 11.7. The summed E-state index contributed by atoms with van der Waals surface area (Å²) in [6, 6.07) is 68.6. The second-order valence-electron chi connectivity index (χ2n) is 15.5. The second-order valence-corrected chi connectivity index (χ2v) is 16.6. The van der Waals surface area contributed by atoms with Crippen LogP contribution in [-0.4, -0.2) is 19.5 Å². The maximum Gasteiger partial charge on any atom is 0.238 e. The van der Waals surface area contributed by atoms with Crippen molar-refractivity contribution in [2.75, 3.05) is 0 Å². The van der Waals surface area contributed by atoms with Gasteiger partial charge in [-0.15, -0.1) is 11.3 Å². The highest BCUT2D eigenvalue weighted by Crippen LogP contribution is 2.44. The Kier molecular flexibility index (Phi) is 8.73. The van der Waals surface area contributed by atoms with Crippen molar-refractivity contribution in [3.05, 3.63) is 194 Å². The lowest BCUT2D eigenvalue weighted by Crippen LogP contribution is -2.07. The van der Waals surface area contributed by atoms with Crippen LogP contribution in [0, 0.1) is 0 Å². The molecule has 5 nitrogen and oxygen atoms in total. The first-order valence-corrected chi connectivity index (χ1v) is 22.2. The Morgan fingerprint density at radius 2 is 1.00 bits per heavy atom. The smallest absolute Gasteiger partial charge is 0.238 e. The number of thiophene rings is 1. The lowest BCUT2D eigenvalue weighted by Gasteiger charge is -2.14. The number of hydrogen-bond acceptors (Lipinski definition) is 5. The largest absolute Gasteiger partial charge is 0.456 e. The van der Waals surface area contributed by atoms with Crippen LogP contribution in [0.3, 0.4) is 0 Å². The van der Waals surface area contributed by atoms with Crippen molar-refractivity contribution in [3.63, 3.8) is 0 Å². The minimum atomic E-state index is 0.544. The summed E-state index contributed by atoms with van der Waals surface area (Å²) in [5.74, 6) is 1.70. The van der Waals surface area contributed by atoms with Crippen molar-refractivity contribution in [2.45, 2.75) is 13.8 Å². The van der Waals surface area contributed by atoms with Crippen LogP contribution in [0.25, 0.3) is 126 Å². The Balaban J connectivity index is 0.00000208. The number of hydrogen-bond donors (Lipinski definition) is 0. The number of aromatic nitrogens is 4. The van der Waals surface area contributed by atoms with E-state index in [9.17, 15) is 0 Å². The fraction of sp³-hybridized carbons (Fsp3) is 0.0351. The number of benzene rings is 9. The molecule has 6 heteroatoms. The molecule has 0 amide bonds. The second kappa shape index (κ2) is 14.9. The first kappa shape index (κ1) is 36.9. The van der Waals surface area contributed by atoms with Gasteiger partial charge in [-0.3, -0.25) is 4.57 Å². The third kappa shape index (κ3) is 5.94. The van der Waals surface area contributed by atoms with E-state index >= 15 is 0 Å². The molecule has 63 heavy (non-hydrogen) atoms. The van der Waals surface area contributed by atoms with E-state index < -0.39 is 0 Å². The van der Waals surface area contributed by atoms with Crippen molar-refractivity contribution in [1.82, 2.24) is 19.5 Å². The molecule has 0 aliphatic rings. The minimum absolute atomic E-state index is 0.544. The molecule has 0 N–H and O–H groups in total. The van der Waals surface area contributed by atoms with Gasteiger partial charge in [0.2, 0.25) is 5.95 Å². The van der Waals surface area contributed by atoms with E-state index in [-0.39, 0.29) is 0 Å². The minimum Gasteiger partial charge on any atom is -0.456 e. The summed E-state index contributed by atoms with van der Waals surface area (Å²) < 4.78 is 11.2. The monoisotopic (exact) mass is 826 g/mol. The van der Waals surface area contributed by atoms with E-state index in [1.807, 2.05) is 61.6 Å². The summed E-state index contributed by atoms with van der Waals surface area (Å²) in [6.45, 7) is 4.00. The van der Waals surface area contributed by atoms with Crippen molar-refractivity contribution >= 4 is 86.0 Å². The van der Waals surface area contributed by atoms with Crippen LogP contribution >= 0.6 is 11.3 Å². The van der Waals surface area contributed by atoms with E-state index in [0.29, 0.717) is 17.6 Å². The molecule has 0 unspecified atom stereocenters. The van der Waals surface area contributed by atoms with E-state index in [0.717, 1.165) is 76.8 Å². The molecule has 0 saturated heterocycles. The molecule has 4 aromatic heterocycles. The summed E-state index contributed by atoms with van der Waals surface area (Å²) in [6.07, 6.45) is 0. The van der Waals surface area contributed by atoms with Crippen LogP contribution in [0.2, 0.25) is 0 Å². The Bertz CT molecular complexity index is 3900. The number of fused-ring (bicyclic) bond motifs is 11. The number of para-hydroxylation sites is 2. The van der Waals surface area contributed by atoms with Crippen molar-refractivity contribution < 1.29 is 4.42 Å². The molecular formula is C57H38N4OS. The predicted molar refractivity (Wildman–Crippen MR) is 265 cm³/mol. The molecule has 0 aliphatic carbocycles. The highest BCUT2D eigenvalue weighted by molar-refractivity contribution is 7.25. The van der Waals surface area contributed by atoms with Crippen molar-refractivity contribution in [1.29, 1.82) is 0 Å². The van der Waals surface area contributed by atoms with Gasteiger partial charge in [-0.05, 0) is 58.5 Å². The van der Waals surface area contributed by atoms with Crippen molar-refractivity contribution in [3.8, 4) is 51.0 Å². The molecular weight excluding hydrogens is 789 g/mol.